The highest BCUT2D eigenvalue weighted by molar-refractivity contribution is 5.78. The van der Waals surface area contributed by atoms with Crippen LogP contribution in [0.15, 0.2) is 54.6 Å². The number of hydrogen-bond donors (Lipinski definition) is 1. The topological polar surface area (TPSA) is 57.3 Å². The number of carbonyl (C=O) groups excluding carboxylic acids is 1. The SMILES string of the molecule is COc1ccc(N2CCN(CC(=O)N[C@H](C)[C@H](c3ccccc3)N3CCOCC3)CC2)cc1. The number of hydrogen-bond acceptors (Lipinski definition) is 6. The first-order chi connectivity index (χ1) is 16.1. The highest BCUT2D eigenvalue weighted by atomic mass is 16.5. The molecule has 33 heavy (non-hydrogen) atoms. The van der Waals surface area contributed by atoms with Crippen LogP contribution in [-0.4, -0.2) is 87.9 Å². The molecule has 2 fully saturated rings. The Morgan fingerprint density at radius 1 is 0.970 bits per heavy atom. The molecule has 178 valence electrons. The molecule has 7 heteroatoms. The Morgan fingerprint density at radius 3 is 2.27 bits per heavy atom. The fraction of sp³-hybridized carbons (Fsp3) is 0.500. The zero-order chi connectivity index (χ0) is 23.0. The smallest absolute Gasteiger partial charge is 0.234 e. The van der Waals surface area contributed by atoms with E-state index in [9.17, 15) is 4.79 Å². The lowest BCUT2D eigenvalue weighted by molar-refractivity contribution is -0.123. The quantitative estimate of drug-likeness (QED) is 0.664. The van der Waals surface area contributed by atoms with Crippen LogP contribution in [0.3, 0.4) is 0 Å². The van der Waals surface area contributed by atoms with Gasteiger partial charge in [0.1, 0.15) is 5.75 Å². The third kappa shape index (κ3) is 6.25. The van der Waals surface area contributed by atoms with E-state index in [1.165, 1.54) is 11.3 Å². The molecule has 2 aromatic carbocycles. The first-order valence-electron chi connectivity index (χ1n) is 11.9. The van der Waals surface area contributed by atoms with E-state index in [1.54, 1.807) is 7.11 Å². The Balaban J connectivity index is 1.30. The minimum Gasteiger partial charge on any atom is -0.497 e. The van der Waals surface area contributed by atoms with Gasteiger partial charge < -0.3 is 19.7 Å². The molecule has 7 nitrogen and oxygen atoms in total. The summed E-state index contributed by atoms with van der Waals surface area (Å²) in [7, 11) is 1.68. The summed E-state index contributed by atoms with van der Waals surface area (Å²) in [5.41, 5.74) is 2.44. The maximum absolute atomic E-state index is 12.9. The van der Waals surface area contributed by atoms with Gasteiger partial charge >= 0.3 is 0 Å². The van der Waals surface area contributed by atoms with E-state index in [1.807, 2.05) is 18.2 Å². The maximum atomic E-state index is 12.9. The molecule has 1 amide bonds. The standard InChI is InChI=1S/C26H36N4O3/c1-21(26(22-6-4-3-5-7-22)30-16-18-33-19-17-30)27-25(31)20-28-12-14-29(15-13-28)23-8-10-24(32-2)11-9-23/h3-11,21,26H,12-20H2,1-2H3,(H,27,31)/t21-,26-/m1/s1. The Labute approximate surface area is 197 Å². The van der Waals surface area contributed by atoms with E-state index in [2.05, 4.69) is 63.3 Å². The number of amides is 1. The third-order valence-electron chi connectivity index (χ3n) is 6.62. The van der Waals surface area contributed by atoms with Crippen molar-refractivity contribution in [1.82, 2.24) is 15.1 Å². The summed E-state index contributed by atoms with van der Waals surface area (Å²) in [6.07, 6.45) is 0. The minimum atomic E-state index is 0.0126. The van der Waals surface area contributed by atoms with Gasteiger partial charge in [-0.1, -0.05) is 30.3 Å². The van der Waals surface area contributed by atoms with Gasteiger partial charge in [-0.15, -0.1) is 0 Å². The molecule has 0 bridgehead atoms. The summed E-state index contributed by atoms with van der Waals surface area (Å²) in [5.74, 6) is 0.962. The minimum absolute atomic E-state index is 0.0126. The van der Waals surface area contributed by atoms with E-state index in [-0.39, 0.29) is 18.0 Å². The van der Waals surface area contributed by atoms with Crippen molar-refractivity contribution >= 4 is 11.6 Å². The van der Waals surface area contributed by atoms with Crippen LogP contribution < -0.4 is 15.0 Å². The molecular formula is C26H36N4O3. The van der Waals surface area contributed by atoms with Crippen molar-refractivity contribution in [2.45, 2.75) is 19.0 Å². The number of rotatable bonds is 8. The van der Waals surface area contributed by atoms with Crippen LogP contribution in [0.25, 0.3) is 0 Å². The number of nitrogens with one attached hydrogen (secondary N) is 1. The Bertz CT molecular complexity index is 863. The van der Waals surface area contributed by atoms with Gasteiger partial charge in [0.25, 0.3) is 0 Å². The molecule has 2 aliphatic rings. The van der Waals surface area contributed by atoms with Crippen LogP contribution in [0, 0.1) is 0 Å². The summed E-state index contributed by atoms with van der Waals surface area (Å²) < 4.78 is 10.8. The van der Waals surface area contributed by atoms with Crippen LogP contribution in [0.1, 0.15) is 18.5 Å². The monoisotopic (exact) mass is 452 g/mol. The van der Waals surface area contributed by atoms with Gasteiger partial charge in [0.15, 0.2) is 0 Å². The number of morpholine rings is 1. The first kappa shape index (κ1) is 23.5. The number of nitrogens with zero attached hydrogens (tertiary/aromatic N) is 3. The van der Waals surface area contributed by atoms with E-state index in [0.29, 0.717) is 6.54 Å². The molecule has 4 rings (SSSR count). The van der Waals surface area contributed by atoms with Crippen molar-refractivity contribution in [1.29, 1.82) is 0 Å². The van der Waals surface area contributed by atoms with Crippen molar-refractivity contribution in [3.05, 3.63) is 60.2 Å². The molecule has 0 aromatic heterocycles. The van der Waals surface area contributed by atoms with Gasteiger partial charge in [0.05, 0.1) is 32.9 Å². The largest absolute Gasteiger partial charge is 0.497 e. The number of ether oxygens (including phenoxy) is 2. The summed E-state index contributed by atoms with van der Waals surface area (Å²) in [6.45, 7) is 9.37. The summed E-state index contributed by atoms with van der Waals surface area (Å²) >= 11 is 0. The molecule has 2 aliphatic heterocycles. The van der Waals surface area contributed by atoms with E-state index in [0.717, 1.165) is 58.2 Å². The van der Waals surface area contributed by atoms with E-state index < -0.39 is 0 Å². The Morgan fingerprint density at radius 2 is 1.64 bits per heavy atom. The maximum Gasteiger partial charge on any atom is 0.234 e. The fourth-order valence-electron chi connectivity index (χ4n) is 4.86. The van der Waals surface area contributed by atoms with Gasteiger partial charge in [0.2, 0.25) is 5.91 Å². The van der Waals surface area contributed by atoms with Gasteiger partial charge in [-0.05, 0) is 36.8 Å². The molecular weight excluding hydrogens is 416 g/mol. The molecule has 0 saturated carbocycles. The predicted octanol–water partition coefficient (Wildman–Crippen LogP) is 2.40. The molecule has 0 aliphatic carbocycles. The summed E-state index contributed by atoms with van der Waals surface area (Å²) in [5, 5.41) is 3.29. The van der Waals surface area contributed by atoms with Gasteiger partial charge in [-0.2, -0.15) is 0 Å². The average molecular weight is 453 g/mol. The molecule has 1 N–H and O–H groups in total. The normalized spacial score (nSPS) is 19.6. The first-order valence-corrected chi connectivity index (χ1v) is 11.9. The second kappa shape index (κ2) is 11.5. The highest BCUT2D eigenvalue weighted by Crippen LogP contribution is 2.25. The lowest BCUT2D eigenvalue weighted by Crippen LogP contribution is -2.52. The number of benzene rings is 2. The summed E-state index contributed by atoms with van der Waals surface area (Å²) in [4.78, 5) is 20.0. The number of piperazine rings is 1. The number of methoxy groups -OCH3 is 1. The number of carbonyl (C=O) groups is 1. The molecule has 2 saturated heterocycles. The van der Waals surface area contributed by atoms with Crippen LogP contribution in [0.4, 0.5) is 5.69 Å². The predicted molar refractivity (Wildman–Crippen MR) is 131 cm³/mol. The molecule has 2 atom stereocenters. The molecule has 0 radical (unpaired) electrons. The third-order valence-corrected chi connectivity index (χ3v) is 6.62. The highest BCUT2D eigenvalue weighted by Gasteiger charge is 2.29. The van der Waals surface area contributed by atoms with Gasteiger partial charge in [0, 0.05) is 51.0 Å². The molecule has 2 aromatic rings. The van der Waals surface area contributed by atoms with Crippen LogP contribution in [-0.2, 0) is 9.53 Å². The fourth-order valence-corrected chi connectivity index (χ4v) is 4.86. The molecule has 0 spiro atoms. The van der Waals surface area contributed by atoms with Crippen molar-refractivity contribution in [3.63, 3.8) is 0 Å². The summed E-state index contributed by atoms with van der Waals surface area (Å²) in [6, 6.07) is 18.8. The Hall–Kier alpha value is -2.61. The van der Waals surface area contributed by atoms with Crippen LogP contribution in [0.5, 0.6) is 5.75 Å². The van der Waals surface area contributed by atoms with Crippen molar-refractivity contribution in [3.8, 4) is 5.75 Å². The number of anilines is 1. The lowest BCUT2D eigenvalue weighted by Gasteiger charge is -2.39. The van der Waals surface area contributed by atoms with Crippen molar-refractivity contribution < 1.29 is 14.3 Å². The second-order valence-corrected chi connectivity index (χ2v) is 8.82. The van der Waals surface area contributed by atoms with E-state index >= 15 is 0 Å². The lowest BCUT2D eigenvalue weighted by atomic mass is 9.98. The van der Waals surface area contributed by atoms with Gasteiger partial charge in [-0.3, -0.25) is 14.6 Å². The van der Waals surface area contributed by atoms with Crippen molar-refractivity contribution in [2.24, 2.45) is 0 Å². The van der Waals surface area contributed by atoms with Crippen LogP contribution in [0.2, 0.25) is 0 Å². The van der Waals surface area contributed by atoms with Gasteiger partial charge in [-0.25, -0.2) is 0 Å². The average Bonchev–Trinajstić information content (AvgIpc) is 2.86. The van der Waals surface area contributed by atoms with Crippen LogP contribution >= 0.6 is 0 Å². The molecule has 2 heterocycles. The zero-order valence-corrected chi connectivity index (χ0v) is 19.8. The van der Waals surface area contributed by atoms with E-state index in [4.69, 9.17) is 9.47 Å². The van der Waals surface area contributed by atoms with Crippen molar-refractivity contribution in [2.75, 3.05) is 71.0 Å². The zero-order valence-electron chi connectivity index (χ0n) is 19.8. The Kier molecular flexibility index (Phi) is 8.20. The second-order valence-electron chi connectivity index (χ2n) is 8.82. The molecule has 0 unspecified atom stereocenters.